The average Bonchev–Trinajstić information content (AvgIpc) is 2.68. The van der Waals surface area contributed by atoms with E-state index in [9.17, 15) is 12.8 Å². The number of nitrogens with zero attached hydrogens (tertiary/aromatic N) is 1. The quantitative estimate of drug-likeness (QED) is 0.579. The number of hydrogen-bond acceptors (Lipinski definition) is 3. The lowest BCUT2D eigenvalue weighted by molar-refractivity contribution is 0.414. The lowest BCUT2D eigenvalue weighted by Gasteiger charge is -2.31. The Morgan fingerprint density at radius 2 is 1.68 bits per heavy atom. The second kappa shape index (κ2) is 8.02. The van der Waals surface area contributed by atoms with Crippen LogP contribution in [0.25, 0.3) is 0 Å². The van der Waals surface area contributed by atoms with Crippen molar-refractivity contribution in [1.82, 2.24) is 0 Å². The van der Waals surface area contributed by atoms with E-state index >= 15 is 0 Å². The normalized spacial score (nSPS) is 12.4. The van der Waals surface area contributed by atoms with Crippen molar-refractivity contribution in [2.45, 2.75) is 24.8 Å². The van der Waals surface area contributed by atoms with Gasteiger partial charge in [-0.15, -0.1) is 0 Å². The fraction of sp³-hybridized carbons (Fsp3) is 0.182. The van der Waals surface area contributed by atoms with Gasteiger partial charge in [0.05, 0.1) is 23.7 Å². The highest BCUT2D eigenvalue weighted by Crippen LogP contribution is 2.34. The van der Waals surface area contributed by atoms with Gasteiger partial charge in [-0.3, -0.25) is 4.31 Å². The maximum absolute atomic E-state index is 13.8. The number of hydrogen-bond donors (Lipinski definition) is 0. The zero-order chi connectivity index (χ0) is 20.3. The topological polar surface area (TPSA) is 46.6 Å². The number of rotatable bonds is 6. The van der Waals surface area contributed by atoms with Crippen LogP contribution in [-0.2, 0) is 10.0 Å². The van der Waals surface area contributed by atoms with Crippen LogP contribution in [0.5, 0.6) is 5.75 Å². The number of methoxy groups -OCH3 is 1. The fourth-order valence-electron chi connectivity index (χ4n) is 3.11. The van der Waals surface area contributed by atoms with E-state index in [1.54, 1.807) is 44.4 Å². The van der Waals surface area contributed by atoms with Crippen molar-refractivity contribution in [3.63, 3.8) is 0 Å². The first-order valence-electron chi connectivity index (χ1n) is 8.83. The van der Waals surface area contributed by atoms with Crippen LogP contribution in [0.4, 0.5) is 10.1 Å². The van der Waals surface area contributed by atoms with Crippen LogP contribution in [0, 0.1) is 12.7 Å². The minimum Gasteiger partial charge on any atom is -0.497 e. The molecular formula is C22H22FNO3S. The van der Waals surface area contributed by atoms with Crippen LogP contribution in [-0.4, -0.2) is 15.5 Å². The van der Waals surface area contributed by atoms with Crippen molar-refractivity contribution in [3.05, 3.63) is 89.7 Å². The Balaban J connectivity index is 2.17. The molecule has 0 spiro atoms. The summed E-state index contributed by atoms with van der Waals surface area (Å²) in [6.07, 6.45) is 0. The molecule has 1 unspecified atom stereocenters. The van der Waals surface area contributed by atoms with Crippen LogP contribution in [0.2, 0.25) is 0 Å². The molecular weight excluding hydrogens is 377 g/mol. The third kappa shape index (κ3) is 4.02. The molecule has 28 heavy (non-hydrogen) atoms. The van der Waals surface area contributed by atoms with Crippen molar-refractivity contribution < 1.29 is 17.5 Å². The van der Waals surface area contributed by atoms with E-state index in [0.717, 1.165) is 17.2 Å². The van der Waals surface area contributed by atoms with Crippen LogP contribution >= 0.6 is 0 Å². The van der Waals surface area contributed by atoms with E-state index in [4.69, 9.17) is 4.74 Å². The zero-order valence-electron chi connectivity index (χ0n) is 16.0. The Bertz CT molecular complexity index is 1080. The molecule has 1 atom stereocenters. The van der Waals surface area contributed by atoms with Gasteiger partial charge in [-0.25, -0.2) is 12.8 Å². The Kier molecular flexibility index (Phi) is 5.70. The minimum absolute atomic E-state index is 0.0937. The van der Waals surface area contributed by atoms with Gasteiger partial charge in [0.25, 0.3) is 10.0 Å². The van der Waals surface area contributed by atoms with Gasteiger partial charge in [-0.1, -0.05) is 30.3 Å². The van der Waals surface area contributed by atoms with E-state index < -0.39 is 21.9 Å². The summed E-state index contributed by atoms with van der Waals surface area (Å²) in [6, 6.07) is 19.0. The summed E-state index contributed by atoms with van der Waals surface area (Å²) in [4.78, 5) is -0.0937. The van der Waals surface area contributed by atoms with E-state index in [1.807, 2.05) is 25.1 Å². The van der Waals surface area contributed by atoms with Gasteiger partial charge in [0.2, 0.25) is 0 Å². The molecule has 0 amide bonds. The molecule has 0 aliphatic rings. The van der Waals surface area contributed by atoms with Crippen LogP contribution in [0.3, 0.4) is 0 Å². The van der Waals surface area contributed by atoms with E-state index in [0.29, 0.717) is 11.4 Å². The maximum Gasteiger partial charge on any atom is 0.264 e. The second-order valence-corrected chi connectivity index (χ2v) is 8.36. The Hall–Kier alpha value is -2.86. The predicted molar refractivity (Wildman–Crippen MR) is 109 cm³/mol. The van der Waals surface area contributed by atoms with Gasteiger partial charge in [-0.2, -0.15) is 0 Å². The van der Waals surface area contributed by atoms with Crippen LogP contribution < -0.4 is 9.04 Å². The summed E-state index contributed by atoms with van der Waals surface area (Å²) >= 11 is 0. The molecule has 0 N–H and O–H groups in total. The highest BCUT2D eigenvalue weighted by molar-refractivity contribution is 7.92. The standard InChI is InChI=1S/C22H22FNO3S/c1-16-7-4-10-20(13-16)24(17(2)18-8-5-11-21(14-18)27-3)28(25,26)22-12-6-9-19(23)15-22/h4-15,17H,1-3H3. The van der Waals surface area contributed by atoms with Crippen molar-refractivity contribution in [2.75, 3.05) is 11.4 Å². The molecule has 0 bridgehead atoms. The Morgan fingerprint density at radius 1 is 0.964 bits per heavy atom. The first-order chi connectivity index (χ1) is 13.3. The fourth-order valence-corrected chi connectivity index (χ4v) is 4.78. The molecule has 0 saturated heterocycles. The summed E-state index contributed by atoms with van der Waals surface area (Å²) in [6.45, 7) is 3.70. The lowest BCUT2D eigenvalue weighted by atomic mass is 10.1. The van der Waals surface area contributed by atoms with E-state index in [1.165, 1.54) is 22.5 Å². The number of anilines is 1. The van der Waals surface area contributed by atoms with Gasteiger partial charge >= 0.3 is 0 Å². The SMILES string of the molecule is COc1cccc(C(C)N(c2cccc(C)c2)S(=O)(=O)c2cccc(F)c2)c1. The summed E-state index contributed by atoms with van der Waals surface area (Å²) < 4.78 is 47.3. The number of benzene rings is 3. The van der Waals surface area contributed by atoms with Gasteiger partial charge in [-0.05, 0) is 67.4 Å². The molecule has 6 heteroatoms. The third-order valence-corrected chi connectivity index (χ3v) is 6.43. The number of halogens is 1. The molecule has 0 aromatic heterocycles. The highest BCUT2D eigenvalue weighted by Gasteiger charge is 2.31. The van der Waals surface area contributed by atoms with Crippen LogP contribution in [0.15, 0.2) is 77.7 Å². The van der Waals surface area contributed by atoms with Crippen molar-refractivity contribution >= 4 is 15.7 Å². The molecule has 0 heterocycles. The monoisotopic (exact) mass is 399 g/mol. The van der Waals surface area contributed by atoms with E-state index in [-0.39, 0.29) is 4.90 Å². The van der Waals surface area contributed by atoms with Gasteiger partial charge in [0.15, 0.2) is 0 Å². The molecule has 0 saturated carbocycles. The summed E-state index contributed by atoms with van der Waals surface area (Å²) in [5.41, 5.74) is 2.20. The van der Waals surface area contributed by atoms with Crippen molar-refractivity contribution in [1.29, 1.82) is 0 Å². The van der Waals surface area contributed by atoms with Gasteiger partial charge < -0.3 is 4.74 Å². The first kappa shape index (κ1) is 19.9. The molecule has 0 aliphatic carbocycles. The van der Waals surface area contributed by atoms with E-state index in [2.05, 4.69) is 0 Å². The smallest absolute Gasteiger partial charge is 0.264 e. The predicted octanol–water partition coefficient (Wildman–Crippen LogP) is 5.10. The molecule has 3 aromatic carbocycles. The number of ether oxygens (including phenoxy) is 1. The second-order valence-electron chi connectivity index (χ2n) is 6.55. The zero-order valence-corrected chi connectivity index (χ0v) is 16.8. The third-order valence-electron chi connectivity index (χ3n) is 4.54. The lowest BCUT2D eigenvalue weighted by Crippen LogP contribution is -2.33. The molecule has 0 fully saturated rings. The molecule has 0 radical (unpaired) electrons. The summed E-state index contributed by atoms with van der Waals surface area (Å²) in [5, 5.41) is 0. The number of sulfonamides is 1. The van der Waals surface area contributed by atoms with Crippen molar-refractivity contribution in [2.24, 2.45) is 0 Å². The molecule has 3 aromatic rings. The Labute approximate surface area is 165 Å². The summed E-state index contributed by atoms with van der Waals surface area (Å²) in [5.74, 6) is 0.0380. The average molecular weight is 399 g/mol. The van der Waals surface area contributed by atoms with Gasteiger partial charge in [0.1, 0.15) is 11.6 Å². The highest BCUT2D eigenvalue weighted by atomic mass is 32.2. The van der Waals surface area contributed by atoms with Crippen molar-refractivity contribution in [3.8, 4) is 5.75 Å². The Morgan fingerprint density at radius 3 is 2.36 bits per heavy atom. The van der Waals surface area contributed by atoms with Crippen LogP contribution in [0.1, 0.15) is 24.1 Å². The molecule has 4 nitrogen and oxygen atoms in total. The van der Waals surface area contributed by atoms with Gasteiger partial charge in [0, 0.05) is 0 Å². The molecule has 0 aliphatic heterocycles. The number of aryl methyl sites for hydroxylation is 1. The molecule has 3 rings (SSSR count). The first-order valence-corrected chi connectivity index (χ1v) is 10.3. The maximum atomic E-state index is 13.8. The summed E-state index contributed by atoms with van der Waals surface area (Å²) in [7, 11) is -2.45. The molecule has 146 valence electrons. The largest absolute Gasteiger partial charge is 0.497 e. The minimum atomic E-state index is -4.01.